The Hall–Kier alpha value is -2.38. The average molecular weight is 419 g/mol. The molecule has 0 radical (unpaired) electrons. The molecular formula is C19H20Cl2N6O. The van der Waals surface area contributed by atoms with Crippen LogP contribution in [0.2, 0.25) is 10.0 Å². The summed E-state index contributed by atoms with van der Waals surface area (Å²) in [5.74, 6) is 0.786. The lowest BCUT2D eigenvalue weighted by Crippen LogP contribution is -2.46. The van der Waals surface area contributed by atoms with Crippen molar-refractivity contribution in [1.82, 2.24) is 24.6 Å². The van der Waals surface area contributed by atoms with Gasteiger partial charge in [0.1, 0.15) is 11.3 Å². The zero-order valence-corrected chi connectivity index (χ0v) is 17.2. The second-order valence-electron chi connectivity index (χ2n) is 6.90. The van der Waals surface area contributed by atoms with Crippen LogP contribution in [0.1, 0.15) is 24.2 Å². The minimum atomic E-state index is -0.127. The predicted molar refractivity (Wildman–Crippen MR) is 110 cm³/mol. The molecule has 1 amide bonds. The number of carbonyl (C=O) groups is 1. The Balaban J connectivity index is 1.72. The molecule has 1 aliphatic rings. The third-order valence-corrected chi connectivity index (χ3v) is 5.69. The van der Waals surface area contributed by atoms with Crippen molar-refractivity contribution in [3.8, 4) is 0 Å². The fourth-order valence-electron chi connectivity index (χ4n) is 3.49. The van der Waals surface area contributed by atoms with Crippen LogP contribution in [-0.4, -0.2) is 57.2 Å². The summed E-state index contributed by atoms with van der Waals surface area (Å²) in [6, 6.07) is 5.34. The molecule has 146 valence electrons. The minimum Gasteiger partial charge on any atom is -0.352 e. The van der Waals surface area contributed by atoms with Gasteiger partial charge >= 0.3 is 0 Å². The smallest absolute Gasteiger partial charge is 0.209 e. The molecule has 3 aromatic rings. The van der Waals surface area contributed by atoms with Gasteiger partial charge < -0.3 is 9.80 Å². The van der Waals surface area contributed by atoms with E-state index in [0.29, 0.717) is 28.8 Å². The van der Waals surface area contributed by atoms with E-state index in [4.69, 9.17) is 28.2 Å². The quantitative estimate of drug-likeness (QED) is 0.607. The van der Waals surface area contributed by atoms with E-state index in [2.05, 4.69) is 15.0 Å². The summed E-state index contributed by atoms with van der Waals surface area (Å²) in [6.45, 7) is 6.76. The van der Waals surface area contributed by atoms with Crippen molar-refractivity contribution in [2.45, 2.75) is 19.9 Å². The molecule has 3 heterocycles. The van der Waals surface area contributed by atoms with E-state index in [1.54, 1.807) is 17.2 Å². The lowest BCUT2D eigenvalue weighted by atomic mass is 10.1. The van der Waals surface area contributed by atoms with Crippen molar-refractivity contribution in [3.63, 3.8) is 0 Å². The molecule has 1 aromatic carbocycles. The van der Waals surface area contributed by atoms with Crippen molar-refractivity contribution in [3.05, 3.63) is 45.7 Å². The first-order chi connectivity index (χ1) is 13.5. The van der Waals surface area contributed by atoms with Gasteiger partial charge in [0.25, 0.3) is 0 Å². The van der Waals surface area contributed by atoms with E-state index in [1.165, 1.54) is 0 Å². The van der Waals surface area contributed by atoms with E-state index in [9.17, 15) is 4.79 Å². The van der Waals surface area contributed by atoms with Crippen molar-refractivity contribution in [1.29, 1.82) is 0 Å². The molecule has 9 heteroatoms. The zero-order valence-electron chi connectivity index (χ0n) is 15.6. The van der Waals surface area contributed by atoms with Gasteiger partial charge in [0.2, 0.25) is 6.41 Å². The van der Waals surface area contributed by atoms with Crippen molar-refractivity contribution in [2.75, 3.05) is 31.1 Å². The molecule has 7 nitrogen and oxygen atoms in total. The Morgan fingerprint density at radius 3 is 2.61 bits per heavy atom. The first-order valence-electron chi connectivity index (χ1n) is 9.09. The molecule has 0 bridgehead atoms. The summed E-state index contributed by atoms with van der Waals surface area (Å²) < 4.78 is 1.86. The summed E-state index contributed by atoms with van der Waals surface area (Å²) in [4.78, 5) is 24.3. The fourth-order valence-corrected chi connectivity index (χ4v) is 4.06. The summed E-state index contributed by atoms with van der Waals surface area (Å²) in [5, 5.41) is 5.86. The molecule has 1 aliphatic heterocycles. The first-order valence-corrected chi connectivity index (χ1v) is 9.84. The second-order valence-corrected chi connectivity index (χ2v) is 7.74. The molecule has 2 aromatic heterocycles. The third-order valence-electron chi connectivity index (χ3n) is 5.13. The molecule has 0 saturated carbocycles. The van der Waals surface area contributed by atoms with E-state index in [-0.39, 0.29) is 6.04 Å². The van der Waals surface area contributed by atoms with Gasteiger partial charge in [0, 0.05) is 36.2 Å². The van der Waals surface area contributed by atoms with Gasteiger partial charge in [-0.3, -0.25) is 4.79 Å². The molecule has 0 N–H and O–H groups in total. The Kier molecular flexibility index (Phi) is 5.12. The van der Waals surface area contributed by atoms with Gasteiger partial charge in [-0.2, -0.15) is 5.10 Å². The molecule has 0 spiro atoms. The summed E-state index contributed by atoms with van der Waals surface area (Å²) in [6.07, 6.45) is 2.67. The van der Waals surface area contributed by atoms with Gasteiger partial charge in [-0.1, -0.05) is 29.3 Å². The number of aromatic nitrogens is 4. The molecule has 28 heavy (non-hydrogen) atoms. The summed E-state index contributed by atoms with van der Waals surface area (Å²) in [7, 11) is 0. The summed E-state index contributed by atoms with van der Waals surface area (Å²) in [5.41, 5.74) is 3.22. The van der Waals surface area contributed by atoms with Crippen LogP contribution < -0.4 is 4.90 Å². The second kappa shape index (κ2) is 7.56. The zero-order chi connectivity index (χ0) is 19.8. The van der Waals surface area contributed by atoms with Gasteiger partial charge in [-0.15, -0.1) is 0 Å². The molecule has 1 fully saturated rings. The van der Waals surface area contributed by atoms with Gasteiger partial charge in [0.15, 0.2) is 5.65 Å². The SMILES string of the molecule is Cc1nn([C@H](C)c2ccc(Cl)cc2Cl)c2nc(N3CCN(C=O)CC3)cnc12. The number of halogens is 2. The highest BCUT2D eigenvalue weighted by atomic mass is 35.5. The Morgan fingerprint density at radius 2 is 1.93 bits per heavy atom. The van der Waals surface area contributed by atoms with Crippen LogP contribution >= 0.6 is 23.2 Å². The number of rotatable bonds is 4. The highest BCUT2D eigenvalue weighted by molar-refractivity contribution is 6.35. The van der Waals surface area contributed by atoms with Crippen LogP contribution in [-0.2, 0) is 4.79 Å². The van der Waals surface area contributed by atoms with Crippen molar-refractivity contribution < 1.29 is 4.79 Å². The number of aryl methyl sites for hydroxylation is 1. The van der Waals surface area contributed by atoms with Gasteiger partial charge in [-0.25, -0.2) is 14.6 Å². The normalized spacial score (nSPS) is 15.9. The summed E-state index contributed by atoms with van der Waals surface area (Å²) >= 11 is 12.4. The highest BCUT2D eigenvalue weighted by Gasteiger charge is 2.22. The van der Waals surface area contributed by atoms with Crippen molar-refractivity contribution in [2.24, 2.45) is 0 Å². The van der Waals surface area contributed by atoms with Crippen molar-refractivity contribution >= 4 is 46.6 Å². The van der Waals surface area contributed by atoms with E-state index in [1.807, 2.05) is 30.7 Å². The number of hydrogen-bond donors (Lipinski definition) is 0. The third kappa shape index (κ3) is 3.40. The monoisotopic (exact) mass is 418 g/mol. The van der Waals surface area contributed by atoms with Gasteiger partial charge in [0.05, 0.1) is 17.9 Å². The maximum Gasteiger partial charge on any atom is 0.209 e. The number of anilines is 1. The molecule has 1 atom stereocenters. The van der Waals surface area contributed by atoms with Crippen LogP contribution in [0.5, 0.6) is 0 Å². The van der Waals surface area contributed by atoms with Gasteiger partial charge in [-0.05, 0) is 31.5 Å². The predicted octanol–water partition coefficient (Wildman–Crippen LogP) is 3.33. The Morgan fingerprint density at radius 1 is 1.18 bits per heavy atom. The molecule has 1 saturated heterocycles. The molecule has 0 aliphatic carbocycles. The standard InChI is InChI=1S/C19H20Cl2N6O/c1-12-18-19(23-17(10-22-18)26-7-5-25(11-28)6-8-26)27(24-12)13(2)15-4-3-14(20)9-16(15)21/h3-4,9-11,13H,5-8H2,1-2H3/t13-/m1/s1. The molecular weight excluding hydrogens is 399 g/mol. The highest BCUT2D eigenvalue weighted by Crippen LogP contribution is 2.31. The largest absolute Gasteiger partial charge is 0.352 e. The average Bonchev–Trinajstić information content (AvgIpc) is 3.03. The first kappa shape index (κ1) is 19.0. The maximum atomic E-state index is 10.9. The number of nitrogens with zero attached hydrogens (tertiary/aromatic N) is 6. The van der Waals surface area contributed by atoms with Crippen LogP contribution in [0.15, 0.2) is 24.4 Å². The van der Waals surface area contributed by atoms with Crippen LogP contribution in [0.25, 0.3) is 11.2 Å². The van der Waals surface area contributed by atoms with E-state index >= 15 is 0 Å². The number of piperazine rings is 1. The number of hydrogen-bond acceptors (Lipinski definition) is 5. The van der Waals surface area contributed by atoms with E-state index in [0.717, 1.165) is 42.1 Å². The number of amides is 1. The van der Waals surface area contributed by atoms with Crippen LogP contribution in [0.4, 0.5) is 5.82 Å². The molecule has 0 unspecified atom stereocenters. The minimum absolute atomic E-state index is 0.127. The fraction of sp³-hybridized carbons (Fsp3) is 0.368. The molecule has 4 rings (SSSR count). The number of carbonyl (C=O) groups excluding carboxylic acids is 1. The lowest BCUT2D eigenvalue weighted by molar-refractivity contribution is -0.118. The van der Waals surface area contributed by atoms with Crippen LogP contribution in [0, 0.1) is 6.92 Å². The topological polar surface area (TPSA) is 67.2 Å². The Labute approximate surface area is 172 Å². The number of benzene rings is 1. The van der Waals surface area contributed by atoms with E-state index < -0.39 is 0 Å². The number of fused-ring (bicyclic) bond motifs is 1. The lowest BCUT2D eigenvalue weighted by Gasteiger charge is -2.33. The maximum absolute atomic E-state index is 10.9. The Bertz CT molecular complexity index is 1030. The van der Waals surface area contributed by atoms with Crippen LogP contribution in [0.3, 0.4) is 0 Å².